The standard InChI is InChI=1S/C19H12ClN5S/c20-13-4-1-11(2-5-13)9-16-15-7-8-26-18(15)14-6-3-12(10-17(14)21-16)19-22-24-25-23-19/h1-8,10H,9H2,(H,22,23,24,25). The van der Waals surface area contributed by atoms with Gasteiger partial charge in [0.2, 0.25) is 5.82 Å². The molecule has 0 bridgehead atoms. The Morgan fingerprint density at radius 3 is 2.69 bits per heavy atom. The zero-order chi connectivity index (χ0) is 17.5. The lowest BCUT2D eigenvalue weighted by Gasteiger charge is -2.08. The Morgan fingerprint density at radius 2 is 1.88 bits per heavy atom. The molecule has 0 saturated carbocycles. The largest absolute Gasteiger partial charge is 0.252 e. The number of nitrogens with one attached hydrogen (secondary N) is 1. The molecule has 3 heterocycles. The predicted octanol–water partition coefficient (Wildman–Crippen LogP) is 4.87. The maximum Gasteiger partial charge on any atom is 0.204 e. The maximum absolute atomic E-state index is 6.00. The minimum Gasteiger partial charge on any atom is -0.252 e. The summed E-state index contributed by atoms with van der Waals surface area (Å²) in [5, 5.41) is 19.4. The summed E-state index contributed by atoms with van der Waals surface area (Å²) in [6.07, 6.45) is 0.757. The average molecular weight is 378 g/mol. The first-order valence-electron chi connectivity index (χ1n) is 8.06. The predicted molar refractivity (Wildman–Crippen MR) is 105 cm³/mol. The normalized spacial score (nSPS) is 11.4. The first-order chi connectivity index (χ1) is 12.8. The van der Waals surface area contributed by atoms with Gasteiger partial charge >= 0.3 is 0 Å². The van der Waals surface area contributed by atoms with Crippen molar-refractivity contribution in [1.29, 1.82) is 0 Å². The number of tetrazole rings is 1. The first-order valence-corrected chi connectivity index (χ1v) is 9.32. The van der Waals surface area contributed by atoms with Crippen molar-refractivity contribution in [3.05, 3.63) is 70.2 Å². The Labute approximate surface area is 157 Å². The lowest BCUT2D eigenvalue weighted by molar-refractivity contribution is 0.881. The van der Waals surface area contributed by atoms with E-state index >= 15 is 0 Å². The molecule has 5 aromatic rings. The monoisotopic (exact) mass is 377 g/mol. The summed E-state index contributed by atoms with van der Waals surface area (Å²) in [4.78, 5) is 4.95. The van der Waals surface area contributed by atoms with Crippen molar-refractivity contribution in [2.75, 3.05) is 0 Å². The van der Waals surface area contributed by atoms with Gasteiger partial charge in [0.15, 0.2) is 0 Å². The number of benzene rings is 2. The van der Waals surface area contributed by atoms with Gasteiger partial charge in [-0.05, 0) is 40.4 Å². The number of aromatic amines is 1. The highest BCUT2D eigenvalue weighted by Crippen LogP contribution is 2.33. The zero-order valence-corrected chi connectivity index (χ0v) is 15.1. The highest BCUT2D eigenvalue weighted by molar-refractivity contribution is 7.18. The van der Waals surface area contributed by atoms with E-state index < -0.39 is 0 Å². The summed E-state index contributed by atoms with van der Waals surface area (Å²) in [5.41, 5.74) is 4.07. The number of fused-ring (bicyclic) bond motifs is 3. The van der Waals surface area contributed by atoms with E-state index in [1.54, 1.807) is 11.3 Å². The van der Waals surface area contributed by atoms with Crippen molar-refractivity contribution in [2.24, 2.45) is 0 Å². The maximum atomic E-state index is 6.00. The van der Waals surface area contributed by atoms with Crippen LogP contribution in [0.15, 0.2) is 53.9 Å². The van der Waals surface area contributed by atoms with Gasteiger partial charge in [-0.2, -0.15) is 5.21 Å². The van der Waals surface area contributed by atoms with Crippen LogP contribution in [0.25, 0.3) is 32.4 Å². The summed E-state index contributed by atoms with van der Waals surface area (Å²) in [5.74, 6) is 0.569. The fraction of sp³-hybridized carbons (Fsp3) is 0.0526. The number of rotatable bonds is 3. The number of H-pyrrole nitrogens is 1. The molecule has 2 aromatic carbocycles. The molecular weight excluding hydrogens is 366 g/mol. The van der Waals surface area contributed by atoms with Crippen molar-refractivity contribution >= 4 is 43.9 Å². The van der Waals surface area contributed by atoms with Gasteiger partial charge in [-0.3, -0.25) is 4.98 Å². The van der Waals surface area contributed by atoms with E-state index in [-0.39, 0.29) is 0 Å². The molecule has 5 nitrogen and oxygen atoms in total. The molecular formula is C19H12ClN5S. The summed E-state index contributed by atoms with van der Waals surface area (Å²) >= 11 is 7.74. The molecule has 3 aromatic heterocycles. The van der Waals surface area contributed by atoms with E-state index in [1.807, 2.05) is 36.4 Å². The number of halogens is 1. The van der Waals surface area contributed by atoms with Crippen molar-refractivity contribution < 1.29 is 0 Å². The lowest BCUT2D eigenvalue weighted by atomic mass is 10.0. The van der Waals surface area contributed by atoms with Gasteiger partial charge in [-0.25, -0.2) is 0 Å². The molecule has 0 unspecified atom stereocenters. The summed E-state index contributed by atoms with van der Waals surface area (Å²) in [6.45, 7) is 0. The highest BCUT2D eigenvalue weighted by Gasteiger charge is 2.12. The Morgan fingerprint density at radius 1 is 1.00 bits per heavy atom. The Kier molecular flexibility index (Phi) is 3.65. The Balaban J connectivity index is 1.68. The first kappa shape index (κ1) is 15.4. The third-order valence-electron chi connectivity index (χ3n) is 4.36. The number of hydrogen-bond acceptors (Lipinski definition) is 5. The lowest BCUT2D eigenvalue weighted by Crippen LogP contribution is -1.95. The molecule has 1 N–H and O–H groups in total. The molecule has 126 valence electrons. The van der Waals surface area contributed by atoms with Crippen LogP contribution in [0.5, 0.6) is 0 Å². The van der Waals surface area contributed by atoms with E-state index in [4.69, 9.17) is 16.6 Å². The van der Waals surface area contributed by atoms with Crippen LogP contribution in [0.4, 0.5) is 0 Å². The molecule has 0 aliphatic carbocycles. The third-order valence-corrected chi connectivity index (χ3v) is 5.56. The zero-order valence-electron chi connectivity index (χ0n) is 13.5. The van der Waals surface area contributed by atoms with Gasteiger partial charge in [0.25, 0.3) is 0 Å². The smallest absolute Gasteiger partial charge is 0.204 e. The van der Waals surface area contributed by atoms with Crippen molar-refractivity contribution in [1.82, 2.24) is 25.6 Å². The molecule has 0 atom stereocenters. The van der Waals surface area contributed by atoms with Crippen LogP contribution in [0, 0.1) is 0 Å². The topological polar surface area (TPSA) is 67.3 Å². The summed E-state index contributed by atoms with van der Waals surface area (Å²) in [6, 6.07) is 16.2. The third kappa shape index (κ3) is 2.64. The summed E-state index contributed by atoms with van der Waals surface area (Å²) in [7, 11) is 0. The molecule has 0 radical (unpaired) electrons. The number of aromatic nitrogens is 5. The molecule has 7 heteroatoms. The second-order valence-electron chi connectivity index (χ2n) is 5.99. The number of hydrogen-bond donors (Lipinski definition) is 1. The van der Waals surface area contributed by atoms with Crippen LogP contribution in [0.3, 0.4) is 0 Å². The van der Waals surface area contributed by atoms with E-state index in [1.165, 1.54) is 15.6 Å². The van der Waals surface area contributed by atoms with Crippen LogP contribution >= 0.6 is 22.9 Å². The molecule has 0 saturated heterocycles. The van der Waals surface area contributed by atoms with Gasteiger partial charge in [-0.15, -0.1) is 21.5 Å². The quantitative estimate of drug-likeness (QED) is 0.487. The van der Waals surface area contributed by atoms with Crippen molar-refractivity contribution in [3.63, 3.8) is 0 Å². The molecule has 26 heavy (non-hydrogen) atoms. The molecule has 0 fully saturated rings. The van der Waals surface area contributed by atoms with Crippen LogP contribution in [0.2, 0.25) is 5.02 Å². The molecule has 0 amide bonds. The molecule has 0 aliphatic rings. The highest BCUT2D eigenvalue weighted by atomic mass is 35.5. The van der Waals surface area contributed by atoms with Crippen molar-refractivity contribution in [3.8, 4) is 11.4 Å². The molecule has 0 aliphatic heterocycles. The molecule has 5 rings (SSSR count). The van der Waals surface area contributed by atoms with Crippen LogP contribution in [0.1, 0.15) is 11.3 Å². The fourth-order valence-corrected chi connectivity index (χ4v) is 4.20. The Bertz CT molecular complexity index is 1210. The second-order valence-corrected chi connectivity index (χ2v) is 7.35. The van der Waals surface area contributed by atoms with Crippen LogP contribution in [-0.2, 0) is 6.42 Å². The van der Waals surface area contributed by atoms with Crippen molar-refractivity contribution in [2.45, 2.75) is 6.42 Å². The summed E-state index contributed by atoms with van der Waals surface area (Å²) < 4.78 is 1.25. The number of nitrogens with zero attached hydrogens (tertiary/aromatic N) is 4. The van der Waals surface area contributed by atoms with Gasteiger partial charge < -0.3 is 0 Å². The van der Waals surface area contributed by atoms with Gasteiger partial charge in [0.05, 0.1) is 11.2 Å². The SMILES string of the molecule is Clc1ccc(Cc2nc3cc(-c4nn[nH]n4)ccc3c3sccc23)cc1. The van der Waals surface area contributed by atoms with Crippen LogP contribution < -0.4 is 0 Å². The minimum absolute atomic E-state index is 0.569. The van der Waals surface area contributed by atoms with E-state index in [0.29, 0.717) is 5.82 Å². The Hall–Kier alpha value is -2.83. The second kappa shape index (κ2) is 6.16. The number of pyridine rings is 1. The molecule has 0 spiro atoms. The minimum atomic E-state index is 0.569. The van der Waals surface area contributed by atoms with Gasteiger partial charge in [-0.1, -0.05) is 35.9 Å². The number of thiophene rings is 1. The fourth-order valence-electron chi connectivity index (χ4n) is 3.12. The van der Waals surface area contributed by atoms with Gasteiger partial charge in [0, 0.05) is 32.5 Å². The van der Waals surface area contributed by atoms with E-state index in [0.717, 1.165) is 33.6 Å². The van der Waals surface area contributed by atoms with Gasteiger partial charge in [0.1, 0.15) is 0 Å². The average Bonchev–Trinajstić information content (AvgIpc) is 3.35. The van der Waals surface area contributed by atoms with Crippen LogP contribution in [-0.4, -0.2) is 25.6 Å². The van der Waals surface area contributed by atoms with E-state index in [2.05, 4.69) is 38.1 Å². The van der Waals surface area contributed by atoms with E-state index in [9.17, 15) is 0 Å².